The first-order valence-corrected chi connectivity index (χ1v) is 8.76. The van der Waals surface area contributed by atoms with Crippen LogP contribution in [0.2, 0.25) is 0 Å². The molecule has 0 fully saturated rings. The van der Waals surface area contributed by atoms with Gasteiger partial charge in [0.2, 0.25) is 5.56 Å². The van der Waals surface area contributed by atoms with Crippen molar-refractivity contribution in [1.82, 2.24) is 9.88 Å². The molecule has 2 N–H and O–H groups in total. The number of nitrogens with one attached hydrogen (secondary N) is 2. The van der Waals surface area contributed by atoms with Crippen LogP contribution in [-0.4, -0.2) is 48.4 Å². The highest BCUT2D eigenvalue weighted by molar-refractivity contribution is 6.04. The molecule has 0 atom stereocenters. The third-order valence-corrected chi connectivity index (χ3v) is 4.13. The number of anilines is 1. The molecule has 8 nitrogen and oxygen atoms in total. The quantitative estimate of drug-likeness (QED) is 0.645. The minimum atomic E-state index is -0.769. The second-order valence-corrected chi connectivity index (χ2v) is 6.49. The molecule has 2 amide bonds. The van der Waals surface area contributed by atoms with Crippen LogP contribution < -0.4 is 10.9 Å². The minimum absolute atomic E-state index is 0.0868. The van der Waals surface area contributed by atoms with Gasteiger partial charge in [-0.1, -0.05) is 18.2 Å². The fourth-order valence-corrected chi connectivity index (χ4v) is 2.73. The molecule has 1 heterocycles. The number of hydrogen-bond acceptors (Lipinski definition) is 5. The number of hydrogen-bond donors (Lipinski definition) is 2. The number of aromatic nitrogens is 1. The van der Waals surface area contributed by atoms with E-state index in [-0.39, 0.29) is 11.5 Å². The summed E-state index contributed by atoms with van der Waals surface area (Å²) in [5, 5.41) is 3.11. The van der Waals surface area contributed by atoms with Gasteiger partial charge in [-0.15, -0.1) is 0 Å². The Balaban J connectivity index is 1.63. The number of rotatable bonds is 5. The van der Waals surface area contributed by atoms with Crippen LogP contribution in [-0.2, 0) is 9.53 Å². The Morgan fingerprint density at radius 1 is 1.03 bits per heavy atom. The van der Waals surface area contributed by atoms with Crippen molar-refractivity contribution in [2.24, 2.45) is 0 Å². The number of H-pyrrole nitrogens is 1. The fourth-order valence-electron chi connectivity index (χ4n) is 2.73. The fraction of sp³-hybridized carbons (Fsp3) is 0.143. The SMILES string of the molecule is CN(C)C(=O)c1ccc(NC(=O)COC(=O)c2cc(=O)[nH]c3ccccc23)cc1. The van der Waals surface area contributed by atoms with Gasteiger partial charge in [0, 0.05) is 42.3 Å². The summed E-state index contributed by atoms with van der Waals surface area (Å²) in [7, 11) is 3.30. The summed E-state index contributed by atoms with van der Waals surface area (Å²) in [6.07, 6.45) is 0. The van der Waals surface area contributed by atoms with Crippen LogP contribution >= 0.6 is 0 Å². The summed E-state index contributed by atoms with van der Waals surface area (Å²) in [6, 6.07) is 14.3. The smallest absolute Gasteiger partial charge is 0.339 e. The van der Waals surface area contributed by atoms with Crippen LogP contribution in [0.3, 0.4) is 0 Å². The Morgan fingerprint density at radius 2 is 1.72 bits per heavy atom. The summed E-state index contributed by atoms with van der Waals surface area (Å²) in [5.74, 6) is -1.46. The first-order chi connectivity index (χ1) is 13.8. The average molecular weight is 393 g/mol. The lowest BCUT2D eigenvalue weighted by molar-refractivity contribution is -0.119. The molecule has 0 aliphatic rings. The Labute approximate surface area is 166 Å². The van der Waals surface area contributed by atoms with E-state index in [1.54, 1.807) is 62.6 Å². The molecule has 0 aliphatic carbocycles. The Kier molecular flexibility index (Phi) is 5.73. The first kappa shape index (κ1) is 19.8. The molecule has 0 bridgehead atoms. The Morgan fingerprint density at radius 3 is 2.41 bits per heavy atom. The van der Waals surface area contributed by atoms with Crippen LogP contribution in [0.25, 0.3) is 10.9 Å². The van der Waals surface area contributed by atoms with E-state index in [1.807, 2.05) is 0 Å². The van der Waals surface area contributed by atoms with Crippen molar-refractivity contribution in [2.45, 2.75) is 0 Å². The molecule has 3 rings (SSSR count). The number of carbonyl (C=O) groups excluding carboxylic acids is 3. The zero-order valence-electron chi connectivity index (χ0n) is 15.9. The van der Waals surface area contributed by atoms with Gasteiger partial charge >= 0.3 is 5.97 Å². The molecule has 0 spiro atoms. The molecule has 0 saturated carbocycles. The van der Waals surface area contributed by atoms with Gasteiger partial charge in [-0.05, 0) is 30.3 Å². The molecular weight excluding hydrogens is 374 g/mol. The lowest BCUT2D eigenvalue weighted by Crippen LogP contribution is -2.23. The number of pyridine rings is 1. The molecule has 0 radical (unpaired) electrons. The number of benzene rings is 2. The molecule has 8 heteroatoms. The van der Waals surface area contributed by atoms with Crippen molar-refractivity contribution in [3.63, 3.8) is 0 Å². The van der Waals surface area contributed by atoms with Crippen molar-refractivity contribution in [3.05, 3.63) is 76.1 Å². The molecule has 0 saturated heterocycles. The van der Waals surface area contributed by atoms with Crippen LogP contribution in [0.5, 0.6) is 0 Å². The van der Waals surface area contributed by atoms with Gasteiger partial charge < -0.3 is 19.9 Å². The van der Waals surface area contributed by atoms with E-state index in [4.69, 9.17) is 4.74 Å². The molecule has 0 unspecified atom stereocenters. The van der Waals surface area contributed by atoms with Gasteiger partial charge in [-0.3, -0.25) is 14.4 Å². The molecule has 2 aromatic carbocycles. The predicted octanol–water partition coefficient (Wildman–Crippen LogP) is 2.03. The number of para-hydroxylation sites is 1. The summed E-state index contributed by atoms with van der Waals surface area (Å²) < 4.78 is 5.05. The van der Waals surface area contributed by atoms with Crippen molar-refractivity contribution in [1.29, 1.82) is 0 Å². The largest absolute Gasteiger partial charge is 0.452 e. The average Bonchev–Trinajstić information content (AvgIpc) is 2.71. The van der Waals surface area contributed by atoms with Gasteiger partial charge in [0.25, 0.3) is 11.8 Å². The number of ether oxygens (including phenoxy) is 1. The normalized spacial score (nSPS) is 10.4. The maximum atomic E-state index is 12.4. The Hall–Kier alpha value is -3.94. The van der Waals surface area contributed by atoms with Gasteiger partial charge in [-0.2, -0.15) is 0 Å². The number of amides is 2. The van der Waals surface area contributed by atoms with E-state index in [1.165, 1.54) is 4.90 Å². The monoisotopic (exact) mass is 393 g/mol. The number of aromatic amines is 1. The second kappa shape index (κ2) is 8.39. The van der Waals surface area contributed by atoms with Crippen LogP contribution in [0.4, 0.5) is 5.69 Å². The third kappa shape index (κ3) is 4.67. The highest BCUT2D eigenvalue weighted by atomic mass is 16.5. The number of esters is 1. The van der Waals surface area contributed by atoms with E-state index < -0.39 is 24.0 Å². The number of carbonyl (C=O) groups is 3. The third-order valence-electron chi connectivity index (χ3n) is 4.13. The van der Waals surface area contributed by atoms with Gasteiger partial charge in [0.05, 0.1) is 5.56 Å². The van der Waals surface area contributed by atoms with Crippen molar-refractivity contribution < 1.29 is 19.1 Å². The minimum Gasteiger partial charge on any atom is -0.452 e. The lowest BCUT2D eigenvalue weighted by atomic mass is 10.1. The first-order valence-electron chi connectivity index (χ1n) is 8.76. The maximum absolute atomic E-state index is 12.4. The van der Waals surface area contributed by atoms with Crippen LogP contribution in [0, 0.1) is 0 Å². The van der Waals surface area contributed by atoms with E-state index in [9.17, 15) is 19.2 Å². The summed E-state index contributed by atoms with van der Waals surface area (Å²) in [6.45, 7) is -0.516. The number of fused-ring (bicyclic) bond motifs is 1. The topological polar surface area (TPSA) is 109 Å². The highest BCUT2D eigenvalue weighted by Crippen LogP contribution is 2.16. The predicted molar refractivity (Wildman–Crippen MR) is 108 cm³/mol. The summed E-state index contributed by atoms with van der Waals surface area (Å²) in [4.78, 5) is 52.1. The van der Waals surface area contributed by atoms with E-state index in [0.29, 0.717) is 22.2 Å². The van der Waals surface area contributed by atoms with E-state index >= 15 is 0 Å². The molecular formula is C21H19N3O5. The van der Waals surface area contributed by atoms with E-state index in [2.05, 4.69) is 10.3 Å². The molecule has 29 heavy (non-hydrogen) atoms. The molecule has 148 valence electrons. The second-order valence-electron chi connectivity index (χ2n) is 6.49. The Bertz CT molecular complexity index is 1130. The lowest BCUT2D eigenvalue weighted by Gasteiger charge is -2.11. The van der Waals surface area contributed by atoms with Crippen molar-refractivity contribution in [2.75, 3.05) is 26.0 Å². The maximum Gasteiger partial charge on any atom is 0.339 e. The molecule has 0 aliphatic heterocycles. The van der Waals surface area contributed by atoms with Crippen molar-refractivity contribution in [3.8, 4) is 0 Å². The van der Waals surface area contributed by atoms with Crippen LogP contribution in [0.15, 0.2) is 59.4 Å². The molecule has 3 aromatic rings. The van der Waals surface area contributed by atoms with E-state index in [0.717, 1.165) is 6.07 Å². The molecule has 1 aromatic heterocycles. The zero-order chi connectivity index (χ0) is 21.0. The van der Waals surface area contributed by atoms with Gasteiger partial charge in [0.1, 0.15) is 0 Å². The highest BCUT2D eigenvalue weighted by Gasteiger charge is 2.15. The number of nitrogens with zero attached hydrogens (tertiary/aromatic N) is 1. The van der Waals surface area contributed by atoms with Gasteiger partial charge in [-0.25, -0.2) is 4.79 Å². The standard InChI is InChI=1S/C21H19N3O5/c1-24(2)20(27)13-7-9-14(10-8-13)22-19(26)12-29-21(28)16-11-18(25)23-17-6-4-3-5-15(16)17/h3-11H,12H2,1-2H3,(H,22,26)(H,23,25). The summed E-state index contributed by atoms with van der Waals surface area (Å²) in [5.41, 5.74) is 1.10. The van der Waals surface area contributed by atoms with Crippen molar-refractivity contribution >= 4 is 34.4 Å². The van der Waals surface area contributed by atoms with Crippen LogP contribution in [0.1, 0.15) is 20.7 Å². The zero-order valence-corrected chi connectivity index (χ0v) is 15.9. The van der Waals surface area contributed by atoms with Gasteiger partial charge in [0.15, 0.2) is 6.61 Å². The summed E-state index contributed by atoms with van der Waals surface area (Å²) >= 11 is 0.